The Hall–Kier alpha value is -7.56. The molecule has 9 aromatic carbocycles. The number of furan rings is 2. The summed E-state index contributed by atoms with van der Waals surface area (Å²) >= 11 is 0. The normalized spacial score (nSPS) is 14.9. The van der Waals surface area contributed by atoms with Crippen LogP contribution in [0.1, 0.15) is 90.1 Å². The third-order valence-electron chi connectivity index (χ3n) is 15.6. The fraction of sp³-hybridized carbons (Fsp3) is 0.224. The van der Waals surface area contributed by atoms with Crippen LogP contribution in [0.3, 0.4) is 0 Å². The van der Waals surface area contributed by atoms with Crippen molar-refractivity contribution in [1.29, 1.82) is 0 Å². The van der Waals surface area contributed by atoms with Crippen LogP contribution in [-0.4, -0.2) is 0 Å². The number of benzene rings is 9. The van der Waals surface area contributed by atoms with E-state index < -0.39 is 0 Å². The summed E-state index contributed by atoms with van der Waals surface area (Å²) in [7, 11) is 0. The molecule has 11 aromatic rings. The number of aryl methyl sites for hydroxylation is 2. The Bertz CT molecular complexity index is 4070. The van der Waals surface area contributed by atoms with Crippen LogP contribution in [0.4, 0.5) is 28.4 Å². The molecule has 12 rings (SSSR count). The van der Waals surface area contributed by atoms with Gasteiger partial charge in [0.2, 0.25) is 0 Å². The number of para-hydroxylation sites is 4. The molecule has 0 fully saturated rings. The van der Waals surface area contributed by atoms with Crippen molar-refractivity contribution in [1.82, 2.24) is 0 Å². The van der Waals surface area contributed by atoms with Crippen LogP contribution in [0.15, 0.2) is 177 Å². The highest BCUT2D eigenvalue weighted by atomic mass is 16.3. The minimum atomic E-state index is -0.0957. The Labute approximate surface area is 417 Å². The van der Waals surface area contributed by atoms with Crippen LogP contribution in [-0.2, 0) is 10.8 Å². The highest BCUT2D eigenvalue weighted by Crippen LogP contribution is 2.51. The lowest BCUT2D eigenvalue weighted by Crippen LogP contribution is -2.17. The topological polar surface area (TPSA) is 32.8 Å². The summed E-state index contributed by atoms with van der Waals surface area (Å²) in [4.78, 5) is 4.92. The third-order valence-corrected chi connectivity index (χ3v) is 15.6. The minimum Gasteiger partial charge on any atom is -0.454 e. The molecule has 1 atom stereocenters. The summed E-state index contributed by atoms with van der Waals surface area (Å²) in [6, 6.07) is 49.8. The molecule has 1 unspecified atom stereocenters. The first kappa shape index (κ1) is 44.6. The molecule has 1 aliphatic carbocycles. The second-order valence-electron chi connectivity index (χ2n) is 22.5. The molecule has 2 heterocycles. The maximum Gasteiger partial charge on any atom is 0.159 e. The molecule has 352 valence electrons. The molecule has 71 heavy (non-hydrogen) atoms. The Morgan fingerprint density at radius 3 is 1.35 bits per heavy atom. The number of allylic oxidation sites excluding steroid dienone is 5. The fourth-order valence-corrected chi connectivity index (χ4v) is 11.6. The van der Waals surface area contributed by atoms with Gasteiger partial charge in [-0.1, -0.05) is 163 Å². The van der Waals surface area contributed by atoms with Gasteiger partial charge in [0.25, 0.3) is 0 Å². The summed E-state index contributed by atoms with van der Waals surface area (Å²) in [5.74, 6) is 0.210. The molecular weight excluding hydrogens is 865 g/mol. The van der Waals surface area contributed by atoms with E-state index in [1.807, 2.05) is 0 Å². The van der Waals surface area contributed by atoms with Crippen LogP contribution in [0, 0.1) is 26.7 Å². The zero-order chi connectivity index (χ0) is 49.4. The average molecular weight is 927 g/mol. The van der Waals surface area contributed by atoms with Gasteiger partial charge in [0, 0.05) is 54.8 Å². The summed E-state index contributed by atoms with van der Waals surface area (Å²) in [5.41, 5.74) is 18.7. The van der Waals surface area contributed by atoms with E-state index in [-0.39, 0.29) is 16.7 Å². The van der Waals surface area contributed by atoms with E-state index in [4.69, 9.17) is 8.83 Å². The average Bonchev–Trinajstić information content (AvgIpc) is 3.88. The molecule has 0 saturated carbocycles. The molecule has 0 amide bonds. The molecule has 4 nitrogen and oxygen atoms in total. The number of fused-ring (bicyclic) bond motifs is 6. The van der Waals surface area contributed by atoms with Gasteiger partial charge in [-0.25, -0.2) is 0 Å². The van der Waals surface area contributed by atoms with E-state index in [2.05, 4.69) is 245 Å². The van der Waals surface area contributed by atoms with Gasteiger partial charge in [-0.2, -0.15) is 0 Å². The third kappa shape index (κ3) is 7.01. The van der Waals surface area contributed by atoms with Gasteiger partial charge in [-0.3, -0.25) is 0 Å². The van der Waals surface area contributed by atoms with Gasteiger partial charge < -0.3 is 18.6 Å². The van der Waals surface area contributed by atoms with Gasteiger partial charge in [-0.15, -0.1) is 0 Å². The van der Waals surface area contributed by atoms with Gasteiger partial charge in [0.15, 0.2) is 11.2 Å². The van der Waals surface area contributed by atoms with Crippen molar-refractivity contribution in [2.45, 2.75) is 93.9 Å². The number of hydrogen-bond acceptors (Lipinski definition) is 4. The summed E-state index contributed by atoms with van der Waals surface area (Å²) in [5, 5.41) is 11.7. The number of nitrogens with zero attached hydrogens (tertiary/aromatic N) is 2. The molecule has 0 spiro atoms. The predicted octanol–water partition coefficient (Wildman–Crippen LogP) is 19.9. The highest BCUT2D eigenvalue weighted by Gasteiger charge is 2.29. The first-order valence-electron chi connectivity index (χ1n) is 25.3. The summed E-state index contributed by atoms with van der Waals surface area (Å²) < 4.78 is 14.3. The van der Waals surface area contributed by atoms with E-state index in [9.17, 15) is 0 Å². The summed E-state index contributed by atoms with van der Waals surface area (Å²) in [6.07, 6.45) is 7.14. The molecule has 0 radical (unpaired) electrons. The SMILES string of the molecule is CC1=CC(N(c2ccc3ccc4c(N(c5cc(C)c(C)c(C)c5)c5cccc6c5oc5c(C(C)(C)C)cccc56)ccc5ccc2c3c54)c2cccc3c2oc2c(C(C)(C)C)cccc23)=CC(C)C=C1C. The van der Waals surface area contributed by atoms with Crippen molar-refractivity contribution in [3.63, 3.8) is 0 Å². The first-order chi connectivity index (χ1) is 34.0. The van der Waals surface area contributed by atoms with E-state index in [1.165, 1.54) is 71.3 Å². The van der Waals surface area contributed by atoms with Crippen LogP contribution in [0.5, 0.6) is 0 Å². The first-order valence-corrected chi connectivity index (χ1v) is 25.3. The Morgan fingerprint density at radius 2 is 0.859 bits per heavy atom. The van der Waals surface area contributed by atoms with Gasteiger partial charge in [0.05, 0.1) is 22.7 Å². The van der Waals surface area contributed by atoms with Crippen LogP contribution in [0.25, 0.3) is 76.2 Å². The second kappa shape index (κ2) is 16.0. The molecule has 4 heteroatoms. The highest BCUT2D eigenvalue weighted by molar-refractivity contribution is 6.28. The van der Waals surface area contributed by atoms with Crippen LogP contribution in [0.2, 0.25) is 0 Å². The van der Waals surface area contributed by atoms with Crippen molar-refractivity contribution < 1.29 is 8.83 Å². The van der Waals surface area contributed by atoms with Crippen molar-refractivity contribution in [3.8, 4) is 0 Å². The lowest BCUT2D eigenvalue weighted by Gasteiger charge is -2.30. The molecular formula is C67H62N2O2. The maximum absolute atomic E-state index is 7.17. The van der Waals surface area contributed by atoms with Gasteiger partial charge in [0.1, 0.15) is 11.2 Å². The molecule has 0 bridgehead atoms. The molecule has 2 aromatic heterocycles. The monoisotopic (exact) mass is 926 g/mol. The van der Waals surface area contributed by atoms with Crippen molar-refractivity contribution >= 4 is 105 Å². The van der Waals surface area contributed by atoms with Crippen LogP contribution < -0.4 is 9.80 Å². The Kier molecular flexibility index (Phi) is 10.0. The quantitative estimate of drug-likeness (QED) is 0.156. The maximum atomic E-state index is 7.17. The smallest absolute Gasteiger partial charge is 0.159 e. The zero-order valence-corrected chi connectivity index (χ0v) is 43.2. The zero-order valence-electron chi connectivity index (χ0n) is 43.2. The summed E-state index contributed by atoms with van der Waals surface area (Å²) in [6.45, 7) is 27.0. The van der Waals surface area contributed by atoms with Crippen LogP contribution >= 0.6 is 0 Å². The Balaban J connectivity index is 1.14. The van der Waals surface area contributed by atoms with Gasteiger partial charge in [-0.05, 0) is 138 Å². The van der Waals surface area contributed by atoms with Crippen molar-refractivity contribution in [2.75, 3.05) is 9.80 Å². The lowest BCUT2D eigenvalue weighted by molar-refractivity contribution is 0.572. The molecule has 0 aliphatic heterocycles. The largest absolute Gasteiger partial charge is 0.454 e. The van der Waals surface area contributed by atoms with E-state index in [1.54, 1.807) is 0 Å². The number of anilines is 5. The van der Waals surface area contributed by atoms with Crippen molar-refractivity contribution in [2.24, 2.45) is 5.92 Å². The van der Waals surface area contributed by atoms with Crippen molar-refractivity contribution in [3.05, 3.63) is 196 Å². The minimum absolute atomic E-state index is 0.0940. The van der Waals surface area contributed by atoms with Gasteiger partial charge >= 0.3 is 0 Å². The predicted molar refractivity (Wildman–Crippen MR) is 304 cm³/mol. The standard InChI is InChI=1S/C67H62N2O2/c1-38-33-39(2)40(3)35-46(34-38)68(58-23-15-19-50-48-17-13-21-54(66(7,8)9)62(48)70-64(50)58)56-31-27-44-26-30-53-57(32-28-45-25-29-52(56)60(44)61(45)53)69(47-36-41(4)43(6)42(5)37-47)59-24-16-20-51-49-18-14-22-55(67(10,11)12)63(49)71-65(51)59/h13-38H,1-12H3. The molecule has 0 saturated heterocycles. The van der Waals surface area contributed by atoms with E-state index in [0.717, 1.165) is 78.0 Å². The fourth-order valence-electron chi connectivity index (χ4n) is 11.6. The number of rotatable bonds is 6. The molecule has 1 aliphatic rings. The van der Waals surface area contributed by atoms with E-state index in [0.29, 0.717) is 0 Å². The lowest BCUT2D eigenvalue weighted by atomic mass is 9.86. The second-order valence-corrected chi connectivity index (χ2v) is 22.5. The Morgan fingerprint density at radius 1 is 0.423 bits per heavy atom. The van der Waals surface area contributed by atoms with E-state index >= 15 is 0 Å². The number of hydrogen-bond donors (Lipinski definition) is 0. The molecule has 0 N–H and O–H groups in total.